The molecule has 0 aromatic heterocycles. The molecule has 1 aromatic carbocycles. The quantitative estimate of drug-likeness (QED) is 0.803. The Balaban J connectivity index is 2.33. The minimum Gasteiger partial charge on any atom is -0.487 e. The van der Waals surface area contributed by atoms with E-state index < -0.39 is 10.1 Å². The van der Waals surface area contributed by atoms with Crippen LogP contribution in [0.25, 0.3) is 0 Å². The Hall–Kier alpha value is -0.780. The number of rotatable bonds is 3. The molecule has 4 nitrogen and oxygen atoms in total. The van der Waals surface area contributed by atoms with E-state index in [0.29, 0.717) is 16.3 Å². The van der Waals surface area contributed by atoms with Gasteiger partial charge in [-0.25, -0.2) is 0 Å². The molecular weight excluding hydrogens is 276 g/mol. The van der Waals surface area contributed by atoms with E-state index in [4.69, 9.17) is 20.5 Å². The van der Waals surface area contributed by atoms with Gasteiger partial charge in [-0.3, -0.25) is 4.18 Å². The Labute approximate surface area is 112 Å². The minimum absolute atomic E-state index is 0.0577. The van der Waals surface area contributed by atoms with Gasteiger partial charge in [-0.15, -0.1) is 0 Å². The molecule has 0 bridgehead atoms. The molecule has 18 heavy (non-hydrogen) atoms. The van der Waals surface area contributed by atoms with Crippen molar-refractivity contribution in [1.82, 2.24) is 0 Å². The van der Waals surface area contributed by atoms with Crippen molar-refractivity contribution in [3.63, 3.8) is 0 Å². The van der Waals surface area contributed by atoms with E-state index >= 15 is 0 Å². The lowest BCUT2D eigenvalue weighted by Crippen LogP contribution is -2.24. The Bertz CT molecular complexity index is 578. The average Bonchev–Trinajstić information content (AvgIpc) is 2.47. The normalized spacial score (nSPS) is 17.3. The number of fused-ring (bicyclic) bond motifs is 1. The highest BCUT2D eigenvalue weighted by molar-refractivity contribution is 7.85. The van der Waals surface area contributed by atoms with Gasteiger partial charge in [0.15, 0.2) is 0 Å². The van der Waals surface area contributed by atoms with Gasteiger partial charge < -0.3 is 4.74 Å². The molecule has 1 aliphatic heterocycles. The van der Waals surface area contributed by atoms with Gasteiger partial charge in [0.1, 0.15) is 11.4 Å². The number of halogens is 1. The van der Waals surface area contributed by atoms with Gasteiger partial charge in [-0.05, 0) is 31.5 Å². The van der Waals surface area contributed by atoms with Crippen molar-refractivity contribution in [3.05, 3.63) is 28.3 Å². The lowest BCUT2D eigenvalue weighted by atomic mass is 10.0. The SMILES string of the molecule is CC1(C)Cc2cc(Cl)cc(COS(C)(=O)=O)c2O1. The zero-order valence-corrected chi connectivity index (χ0v) is 12.1. The number of hydrogen-bond donors (Lipinski definition) is 0. The third-order valence-corrected chi connectivity index (χ3v) is 3.39. The molecular formula is C12H15ClO4S. The van der Waals surface area contributed by atoms with E-state index in [0.717, 1.165) is 18.2 Å². The highest BCUT2D eigenvalue weighted by Gasteiger charge is 2.32. The van der Waals surface area contributed by atoms with E-state index in [9.17, 15) is 8.42 Å². The van der Waals surface area contributed by atoms with Crippen LogP contribution in [0, 0.1) is 0 Å². The molecule has 0 N–H and O–H groups in total. The molecule has 0 unspecified atom stereocenters. The number of benzene rings is 1. The fourth-order valence-corrected chi connectivity index (χ4v) is 2.63. The second-order valence-corrected chi connectivity index (χ2v) is 7.14. The van der Waals surface area contributed by atoms with E-state index in [1.807, 2.05) is 19.9 Å². The Morgan fingerprint density at radius 2 is 2.11 bits per heavy atom. The van der Waals surface area contributed by atoms with Crippen molar-refractivity contribution in [2.45, 2.75) is 32.5 Å². The maximum atomic E-state index is 11.0. The van der Waals surface area contributed by atoms with Crippen LogP contribution in [0.4, 0.5) is 0 Å². The van der Waals surface area contributed by atoms with Gasteiger partial charge in [0, 0.05) is 17.0 Å². The summed E-state index contributed by atoms with van der Waals surface area (Å²) in [6.07, 6.45) is 1.76. The highest BCUT2D eigenvalue weighted by Crippen LogP contribution is 2.39. The van der Waals surface area contributed by atoms with Crippen molar-refractivity contribution in [2.24, 2.45) is 0 Å². The third-order valence-electron chi connectivity index (χ3n) is 2.63. The summed E-state index contributed by atoms with van der Waals surface area (Å²) < 4.78 is 32.7. The summed E-state index contributed by atoms with van der Waals surface area (Å²) in [4.78, 5) is 0. The van der Waals surface area contributed by atoms with E-state index in [-0.39, 0.29) is 12.2 Å². The minimum atomic E-state index is -3.48. The molecule has 0 saturated carbocycles. The van der Waals surface area contributed by atoms with Crippen LogP contribution in [0.5, 0.6) is 5.75 Å². The van der Waals surface area contributed by atoms with Crippen LogP contribution in [0.1, 0.15) is 25.0 Å². The molecule has 6 heteroatoms. The summed E-state index contributed by atoms with van der Waals surface area (Å²) in [6, 6.07) is 3.52. The molecule has 1 aromatic rings. The van der Waals surface area contributed by atoms with Crippen molar-refractivity contribution in [3.8, 4) is 5.75 Å². The predicted molar refractivity (Wildman–Crippen MR) is 69.5 cm³/mol. The smallest absolute Gasteiger partial charge is 0.264 e. The Morgan fingerprint density at radius 3 is 2.72 bits per heavy atom. The summed E-state index contributed by atoms with van der Waals surface area (Å²) >= 11 is 6.01. The monoisotopic (exact) mass is 290 g/mol. The first-order chi connectivity index (χ1) is 8.16. The largest absolute Gasteiger partial charge is 0.487 e. The molecule has 0 radical (unpaired) electrons. The van der Waals surface area contributed by atoms with Crippen molar-refractivity contribution in [2.75, 3.05) is 6.26 Å². The zero-order chi connectivity index (χ0) is 13.6. The van der Waals surface area contributed by atoms with E-state index in [1.165, 1.54) is 0 Å². The third kappa shape index (κ3) is 3.16. The van der Waals surface area contributed by atoms with Gasteiger partial charge in [-0.2, -0.15) is 8.42 Å². The standard InChI is InChI=1S/C12H15ClO4S/c1-12(2)6-8-4-10(13)5-9(11(8)17-12)7-16-18(3,14)15/h4-5H,6-7H2,1-3H3. The molecule has 1 aliphatic rings. The maximum absolute atomic E-state index is 11.0. The van der Waals surface area contributed by atoms with E-state index in [1.54, 1.807) is 6.07 Å². The average molecular weight is 291 g/mol. The summed E-state index contributed by atoms with van der Waals surface area (Å²) in [5.41, 5.74) is 1.35. The second-order valence-electron chi connectivity index (χ2n) is 5.06. The maximum Gasteiger partial charge on any atom is 0.264 e. The fourth-order valence-electron chi connectivity index (χ4n) is 2.02. The Morgan fingerprint density at radius 1 is 1.44 bits per heavy atom. The summed E-state index contributed by atoms with van der Waals surface area (Å²) in [7, 11) is -3.48. The van der Waals surface area contributed by atoms with Crippen LogP contribution in [0.3, 0.4) is 0 Å². The first-order valence-corrected chi connectivity index (χ1v) is 7.70. The molecule has 0 spiro atoms. The lowest BCUT2D eigenvalue weighted by Gasteiger charge is -2.18. The molecule has 100 valence electrons. The summed E-state index contributed by atoms with van der Waals surface area (Å²) in [6.45, 7) is 3.89. The molecule has 0 saturated heterocycles. The molecule has 2 rings (SSSR count). The second kappa shape index (κ2) is 4.40. The topological polar surface area (TPSA) is 52.6 Å². The summed E-state index contributed by atoms with van der Waals surface area (Å²) in [5.74, 6) is 0.688. The van der Waals surface area contributed by atoms with Gasteiger partial charge >= 0.3 is 0 Å². The van der Waals surface area contributed by atoms with Crippen molar-refractivity contribution >= 4 is 21.7 Å². The van der Waals surface area contributed by atoms with Crippen LogP contribution in [0.15, 0.2) is 12.1 Å². The molecule has 0 fully saturated rings. The highest BCUT2D eigenvalue weighted by atomic mass is 35.5. The molecule has 1 heterocycles. The van der Waals surface area contributed by atoms with Crippen LogP contribution in [-0.4, -0.2) is 20.3 Å². The van der Waals surface area contributed by atoms with Crippen LogP contribution in [-0.2, 0) is 27.3 Å². The first-order valence-electron chi connectivity index (χ1n) is 5.51. The predicted octanol–water partition coefficient (Wildman–Crippen LogP) is 2.53. The van der Waals surface area contributed by atoms with Crippen LogP contribution in [0.2, 0.25) is 5.02 Å². The van der Waals surface area contributed by atoms with Gasteiger partial charge in [-0.1, -0.05) is 11.6 Å². The molecule has 0 aliphatic carbocycles. The first kappa shape index (κ1) is 13.6. The molecule has 0 amide bonds. The van der Waals surface area contributed by atoms with Crippen LogP contribution < -0.4 is 4.74 Å². The number of ether oxygens (including phenoxy) is 1. The summed E-state index contributed by atoms with van der Waals surface area (Å²) in [5, 5.41) is 0.558. The van der Waals surface area contributed by atoms with Crippen molar-refractivity contribution in [1.29, 1.82) is 0 Å². The van der Waals surface area contributed by atoms with Gasteiger partial charge in [0.2, 0.25) is 0 Å². The lowest BCUT2D eigenvalue weighted by molar-refractivity contribution is 0.135. The number of hydrogen-bond acceptors (Lipinski definition) is 4. The van der Waals surface area contributed by atoms with E-state index in [2.05, 4.69) is 0 Å². The molecule has 0 atom stereocenters. The Kier molecular flexibility index (Phi) is 3.34. The van der Waals surface area contributed by atoms with Crippen molar-refractivity contribution < 1.29 is 17.3 Å². The fraction of sp³-hybridized carbons (Fsp3) is 0.500. The van der Waals surface area contributed by atoms with Crippen LogP contribution >= 0.6 is 11.6 Å². The van der Waals surface area contributed by atoms with Gasteiger partial charge in [0.05, 0.1) is 12.9 Å². The van der Waals surface area contributed by atoms with Gasteiger partial charge in [0.25, 0.3) is 10.1 Å². The zero-order valence-electron chi connectivity index (χ0n) is 10.5.